The number of pyridine rings is 1. The average molecular weight is 366 g/mol. The first-order valence-electron chi connectivity index (χ1n) is 9.76. The highest BCUT2D eigenvalue weighted by Gasteiger charge is 2.50. The zero-order valence-electron chi connectivity index (χ0n) is 15.7. The number of rotatable bonds is 2. The van der Waals surface area contributed by atoms with Gasteiger partial charge < -0.3 is 14.6 Å². The van der Waals surface area contributed by atoms with Crippen LogP contribution in [-0.2, 0) is 12.6 Å². The van der Waals surface area contributed by atoms with Crippen LogP contribution in [0.15, 0.2) is 53.5 Å². The largest absolute Gasteiger partial charge is 0.385 e. The fourth-order valence-electron chi connectivity index (χ4n) is 4.91. The zero-order valence-corrected chi connectivity index (χ0v) is 15.7. The van der Waals surface area contributed by atoms with Crippen LogP contribution in [0.4, 0.5) is 0 Å². The van der Waals surface area contributed by atoms with Crippen molar-refractivity contribution in [1.29, 1.82) is 0 Å². The van der Waals surface area contributed by atoms with E-state index in [1.807, 2.05) is 35.2 Å². The van der Waals surface area contributed by atoms with Crippen LogP contribution in [0.3, 0.4) is 0 Å². The third-order valence-corrected chi connectivity index (χ3v) is 6.34. The highest BCUT2D eigenvalue weighted by atomic mass is 16.3. The van der Waals surface area contributed by atoms with E-state index in [0.717, 1.165) is 31.2 Å². The number of piperidine rings is 1. The summed E-state index contributed by atoms with van der Waals surface area (Å²) in [4.78, 5) is 26.8. The van der Waals surface area contributed by atoms with Gasteiger partial charge in [0.25, 0.3) is 5.91 Å². The van der Waals surface area contributed by atoms with E-state index in [9.17, 15) is 14.7 Å². The van der Waals surface area contributed by atoms with E-state index in [1.54, 1.807) is 19.3 Å². The van der Waals surface area contributed by atoms with Crippen LogP contribution < -0.4 is 5.56 Å². The monoisotopic (exact) mass is 366 g/mol. The van der Waals surface area contributed by atoms with Crippen molar-refractivity contribution >= 4 is 5.91 Å². The highest BCUT2D eigenvalue weighted by Crippen LogP contribution is 2.47. The Kier molecular flexibility index (Phi) is 4.64. The van der Waals surface area contributed by atoms with E-state index in [2.05, 4.69) is 0 Å². The van der Waals surface area contributed by atoms with Gasteiger partial charge in [-0.05, 0) is 30.9 Å². The van der Waals surface area contributed by atoms with Crippen LogP contribution in [0, 0.1) is 5.92 Å². The molecule has 1 aromatic carbocycles. The summed E-state index contributed by atoms with van der Waals surface area (Å²) in [7, 11) is 1.66. The summed E-state index contributed by atoms with van der Waals surface area (Å²) in [5.74, 6) is -0.00325. The Bertz CT molecular complexity index is 892. The maximum atomic E-state index is 13.2. The van der Waals surface area contributed by atoms with Gasteiger partial charge in [0.1, 0.15) is 0 Å². The van der Waals surface area contributed by atoms with Gasteiger partial charge in [0.15, 0.2) is 0 Å². The molecule has 2 aromatic rings. The summed E-state index contributed by atoms with van der Waals surface area (Å²) in [5, 5.41) is 11.6. The average Bonchev–Trinajstić information content (AvgIpc) is 2.71. The lowest BCUT2D eigenvalue weighted by Crippen LogP contribution is -2.59. The number of carbonyl (C=O) groups is 1. The molecule has 27 heavy (non-hydrogen) atoms. The Balaban J connectivity index is 1.66. The van der Waals surface area contributed by atoms with Gasteiger partial charge in [0, 0.05) is 37.8 Å². The number of fused-ring (bicyclic) bond motifs is 1. The van der Waals surface area contributed by atoms with Crippen LogP contribution >= 0.6 is 0 Å². The first kappa shape index (κ1) is 18.0. The van der Waals surface area contributed by atoms with Gasteiger partial charge >= 0.3 is 0 Å². The summed E-state index contributed by atoms with van der Waals surface area (Å²) in [6.07, 6.45) is 6.14. The molecule has 1 aromatic heterocycles. The first-order chi connectivity index (χ1) is 13.0. The lowest BCUT2D eigenvalue weighted by molar-refractivity contribution is -0.110. The van der Waals surface area contributed by atoms with Gasteiger partial charge in [-0.2, -0.15) is 0 Å². The Morgan fingerprint density at radius 1 is 1.11 bits per heavy atom. The molecule has 2 heterocycles. The summed E-state index contributed by atoms with van der Waals surface area (Å²) >= 11 is 0. The van der Waals surface area contributed by atoms with Gasteiger partial charge in [-0.1, -0.05) is 43.2 Å². The minimum absolute atomic E-state index is 0.0300. The zero-order chi connectivity index (χ0) is 19.0. The normalized spacial score (nSPS) is 27.9. The molecule has 0 unspecified atom stereocenters. The molecule has 142 valence electrons. The predicted octanol–water partition coefficient (Wildman–Crippen LogP) is 2.68. The molecule has 1 saturated heterocycles. The molecule has 5 heteroatoms. The Hall–Kier alpha value is -2.40. The second-order valence-electron chi connectivity index (χ2n) is 7.86. The number of carbonyl (C=O) groups excluding carboxylic acids is 1. The molecule has 0 spiro atoms. The quantitative estimate of drug-likeness (QED) is 0.889. The molecule has 1 amide bonds. The number of amides is 1. The van der Waals surface area contributed by atoms with Crippen LogP contribution in [0.1, 0.15) is 48.0 Å². The molecule has 2 aliphatic rings. The molecule has 1 N–H and O–H groups in total. The fourth-order valence-corrected chi connectivity index (χ4v) is 4.91. The number of nitrogens with zero attached hydrogens (tertiary/aromatic N) is 2. The topological polar surface area (TPSA) is 62.5 Å². The molecule has 0 bridgehead atoms. The van der Waals surface area contributed by atoms with Crippen molar-refractivity contribution in [2.24, 2.45) is 13.0 Å². The molecule has 1 saturated carbocycles. The Morgan fingerprint density at radius 2 is 1.85 bits per heavy atom. The second kappa shape index (κ2) is 6.97. The van der Waals surface area contributed by atoms with Crippen molar-refractivity contribution < 1.29 is 9.90 Å². The lowest BCUT2D eigenvalue weighted by atomic mass is 9.66. The van der Waals surface area contributed by atoms with E-state index >= 15 is 0 Å². The number of benzene rings is 1. The molecule has 2 fully saturated rings. The van der Waals surface area contributed by atoms with Gasteiger partial charge in [-0.25, -0.2) is 0 Å². The van der Waals surface area contributed by atoms with E-state index < -0.39 is 5.60 Å². The van der Waals surface area contributed by atoms with Crippen molar-refractivity contribution in [2.45, 2.75) is 43.7 Å². The smallest absolute Gasteiger partial charge is 0.255 e. The SMILES string of the molecule is Cn1cc(C(=O)N2CC[C@](O)(c3ccccc3)[C@@H]3CCCC[C@H]32)ccc1=O. The molecule has 1 aliphatic carbocycles. The van der Waals surface area contributed by atoms with Crippen molar-refractivity contribution in [3.8, 4) is 0 Å². The predicted molar refractivity (Wildman–Crippen MR) is 103 cm³/mol. The third kappa shape index (κ3) is 3.10. The minimum Gasteiger partial charge on any atom is -0.385 e. The molecule has 3 atom stereocenters. The second-order valence-corrected chi connectivity index (χ2v) is 7.86. The molecule has 1 aliphatic heterocycles. The summed E-state index contributed by atoms with van der Waals surface area (Å²) < 4.78 is 1.44. The Labute approximate surface area is 159 Å². The van der Waals surface area contributed by atoms with Crippen LogP contribution in [0.25, 0.3) is 0 Å². The van der Waals surface area contributed by atoms with E-state index in [0.29, 0.717) is 18.5 Å². The van der Waals surface area contributed by atoms with Crippen LogP contribution in [0.2, 0.25) is 0 Å². The third-order valence-electron chi connectivity index (χ3n) is 6.34. The molecular weight excluding hydrogens is 340 g/mol. The number of hydrogen-bond donors (Lipinski definition) is 1. The number of hydrogen-bond acceptors (Lipinski definition) is 3. The Morgan fingerprint density at radius 3 is 2.59 bits per heavy atom. The van der Waals surface area contributed by atoms with Crippen LogP contribution in [0.5, 0.6) is 0 Å². The van der Waals surface area contributed by atoms with Gasteiger partial charge in [-0.15, -0.1) is 0 Å². The standard InChI is InChI=1S/C22H26N2O3/c1-23-15-16(11-12-20(23)25)21(26)24-14-13-22(27,17-7-3-2-4-8-17)18-9-5-6-10-19(18)24/h2-4,7-8,11-12,15,18-19,27H,5-6,9-10,13-14H2,1H3/t18-,19-,22+/m1/s1. The van der Waals surface area contributed by atoms with Crippen molar-refractivity contribution in [3.05, 3.63) is 70.1 Å². The van der Waals surface area contributed by atoms with Crippen molar-refractivity contribution in [2.75, 3.05) is 6.54 Å². The van der Waals surface area contributed by atoms with Crippen molar-refractivity contribution in [1.82, 2.24) is 9.47 Å². The summed E-state index contributed by atoms with van der Waals surface area (Å²) in [5.41, 5.74) is 0.481. The van der Waals surface area contributed by atoms with Gasteiger partial charge in [0.05, 0.1) is 11.2 Å². The number of aromatic nitrogens is 1. The number of likely N-dealkylation sites (tertiary alicyclic amines) is 1. The molecular formula is C22H26N2O3. The summed E-state index contributed by atoms with van der Waals surface area (Å²) in [6.45, 7) is 0.522. The molecule has 5 nitrogen and oxygen atoms in total. The van der Waals surface area contributed by atoms with E-state index in [1.165, 1.54) is 10.6 Å². The highest BCUT2D eigenvalue weighted by molar-refractivity contribution is 5.94. The number of aryl methyl sites for hydroxylation is 1. The van der Waals surface area contributed by atoms with Crippen molar-refractivity contribution in [3.63, 3.8) is 0 Å². The first-order valence-corrected chi connectivity index (χ1v) is 9.76. The van der Waals surface area contributed by atoms with E-state index in [-0.39, 0.29) is 23.4 Å². The van der Waals surface area contributed by atoms with E-state index in [4.69, 9.17) is 0 Å². The lowest BCUT2D eigenvalue weighted by Gasteiger charge is -2.52. The maximum absolute atomic E-state index is 13.2. The van der Waals surface area contributed by atoms with Gasteiger partial charge in [-0.3, -0.25) is 9.59 Å². The van der Waals surface area contributed by atoms with Gasteiger partial charge in [0.2, 0.25) is 5.56 Å². The molecule has 4 rings (SSSR count). The fraction of sp³-hybridized carbons (Fsp3) is 0.455. The summed E-state index contributed by atoms with van der Waals surface area (Å²) in [6, 6.07) is 13.0. The number of aliphatic hydroxyl groups is 1. The minimum atomic E-state index is -0.882. The maximum Gasteiger partial charge on any atom is 0.255 e. The molecule has 0 radical (unpaired) electrons. The van der Waals surface area contributed by atoms with Crippen LogP contribution in [-0.4, -0.2) is 33.1 Å².